The van der Waals surface area contributed by atoms with Crippen molar-refractivity contribution in [2.24, 2.45) is 0 Å². The van der Waals surface area contributed by atoms with Crippen LogP contribution < -0.4 is 9.80 Å². The number of anilines is 2. The van der Waals surface area contributed by atoms with Gasteiger partial charge in [-0.1, -0.05) is 24.3 Å². The van der Waals surface area contributed by atoms with Gasteiger partial charge in [-0.15, -0.1) is 0 Å². The third-order valence-corrected chi connectivity index (χ3v) is 5.94. The summed E-state index contributed by atoms with van der Waals surface area (Å²) in [4.78, 5) is 32.2. The van der Waals surface area contributed by atoms with Gasteiger partial charge in [-0.3, -0.25) is 9.59 Å². The van der Waals surface area contributed by atoms with Crippen LogP contribution in [0.5, 0.6) is 0 Å². The molecule has 2 aromatic rings. The lowest BCUT2D eigenvalue weighted by Crippen LogP contribution is -2.49. The molecule has 0 N–H and O–H groups in total. The lowest BCUT2D eigenvalue weighted by Gasteiger charge is -2.36. The lowest BCUT2D eigenvalue weighted by atomic mass is 10.2. The number of hydrogen-bond donors (Lipinski definition) is 0. The van der Waals surface area contributed by atoms with E-state index in [9.17, 15) is 18.4 Å². The van der Waals surface area contributed by atoms with E-state index in [0.717, 1.165) is 0 Å². The standard InChI is InChI=1S/C24H26F2N4O2/c25-19-5-1-3-7-21(19)27-11-15-29(16-12-27)23(31)9-10-24(32)30-17-13-28(14-18-30)22-8-4-2-6-20(22)26/h1-10H,11-18H2. The van der Waals surface area contributed by atoms with Crippen LogP contribution in [0.3, 0.4) is 0 Å². The van der Waals surface area contributed by atoms with Crippen LogP contribution >= 0.6 is 0 Å². The smallest absolute Gasteiger partial charge is 0.246 e. The zero-order valence-electron chi connectivity index (χ0n) is 17.8. The first-order valence-electron chi connectivity index (χ1n) is 10.8. The topological polar surface area (TPSA) is 47.1 Å². The summed E-state index contributed by atoms with van der Waals surface area (Å²) >= 11 is 0. The van der Waals surface area contributed by atoms with E-state index in [1.165, 1.54) is 24.3 Å². The number of hydrogen-bond acceptors (Lipinski definition) is 4. The largest absolute Gasteiger partial charge is 0.366 e. The molecule has 32 heavy (non-hydrogen) atoms. The fraction of sp³-hybridized carbons (Fsp3) is 0.333. The highest BCUT2D eigenvalue weighted by Gasteiger charge is 2.23. The second-order valence-electron chi connectivity index (χ2n) is 7.86. The number of nitrogens with zero attached hydrogens (tertiary/aromatic N) is 4. The lowest BCUT2D eigenvalue weighted by molar-refractivity contribution is -0.128. The highest BCUT2D eigenvalue weighted by molar-refractivity contribution is 5.97. The maximum absolute atomic E-state index is 14.0. The van der Waals surface area contributed by atoms with Gasteiger partial charge >= 0.3 is 0 Å². The molecule has 0 bridgehead atoms. The number of halogens is 2. The summed E-state index contributed by atoms with van der Waals surface area (Å²) in [5, 5.41) is 0. The zero-order chi connectivity index (χ0) is 22.5. The summed E-state index contributed by atoms with van der Waals surface area (Å²) in [6.07, 6.45) is 2.62. The Hall–Kier alpha value is -3.42. The Bertz CT molecular complexity index is 917. The number of benzene rings is 2. The maximum Gasteiger partial charge on any atom is 0.246 e. The number of carbonyl (C=O) groups is 2. The van der Waals surface area contributed by atoms with Crippen molar-refractivity contribution in [3.05, 3.63) is 72.3 Å². The molecular weight excluding hydrogens is 414 g/mol. The van der Waals surface area contributed by atoms with E-state index < -0.39 is 0 Å². The Labute approximate surface area is 186 Å². The van der Waals surface area contributed by atoms with Crippen molar-refractivity contribution in [3.63, 3.8) is 0 Å². The van der Waals surface area contributed by atoms with Crippen LogP contribution in [-0.2, 0) is 9.59 Å². The molecule has 0 unspecified atom stereocenters. The summed E-state index contributed by atoms with van der Waals surface area (Å²) in [5.74, 6) is -0.992. The highest BCUT2D eigenvalue weighted by Crippen LogP contribution is 2.21. The first-order valence-corrected chi connectivity index (χ1v) is 10.8. The van der Waals surface area contributed by atoms with Gasteiger partial charge in [0, 0.05) is 64.5 Å². The fourth-order valence-corrected chi connectivity index (χ4v) is 4.11. The van der Waals surface area contributed by atoms with Crippen LogP contribution in [0.25, 0.3) is 0 Å². The average molecular weight is 440 g/mol. The van der Waals surface area contributed by atoms with E-state index in [1.54, 1.807) is 46.2 Å². The summed E-state index contributed by atoms with van der Waals surface area (Å²) < 4.78 is 27.9. The normalized spacial score (nSPS) is 17.2. The molecule has 8 heteroatoms. The summed E-state index contributed by atoms with van der Waals surface area (Å²) in [5.41, 5.74) is 1.08. The van der Waals surface area contributed by atoms with E-state index in [-0.39, 0.29) is 23.4 Å². The van der Waals surface area contributed by atoms with Gasteiger partial charge in [0.25, 0.3) is 0 Å². The van der Waals surface area contributed by atoms with Crippen molar-refractivity contribution in [2.75, 3.05) is 62.2 Å². The molecule has 0 saturated carbocycles. The minimum Gasteiger partial charge on any atom is -0.366 e. The van der Waals surface area contributed by atoms with E-state index in [1.807, 2.05) is 9.80 Å². The molecule has 0 atom stereocenters. The predicted molar refractivity (Wildman–Crippen MR) is 120 cm³/mol. The number of para-hydroxylation sites is 2. The molecule has 2 aliphatic heterocycles. The van der Waals surface area contributed by atoms with Crippen molar-refractivity contribution in [2.45, 2.75) is 0 Å². The van der Waals surface area contributed by atoms with Gasteiger partial charge < -0.3 is 19.6 Å². The molecule has 6 nitrogen and oxygen atoms in total. The maximum atomic E-state index is 14.0. The van der Waals surface area contributed by atoms with Crippen LogP contribution in [0.1, 0.15) is 0 Å². The molecule has 2 fully saturated rings. The van der Waals surface area contributed by atoms with Crippen LogP contribution in [0.2, 0.25) is 0 Å². The minimum absolute atomic E-state index is 0.225. The second-order valence-corrected chi connectivity index (χ2v) is 7.86. The number of amides is 2. The molecule has 0 aliphatic carbocycles. The average Bonchev–Trinajstić information content (AvgIpc) is 2.83. The minimum atomic E-state index is -0.270. The first-order chi connectivity index (χ1) is 15.5. The Balaban J connectivity index is 1.25. The van der Waals surface area contributed by atoms with Gasteiger partial charge in [0.1, 0.15) is 11.6 Å². The Kier molecular flexibility index (Phi) is 6.68. The van der Waals surface area contributed by atoms with Crippen LogP contribution in [0.4, 0.5) is 20.2 Å². The Morgan fingerprint density at radius 3 is 1.28 bits per heavy atom. The summed E-state index contributed by atoms with van der Waals surface area (Å²) in [6, 6.07) is 13.2. The van der Waals surface area contributed by atoms with Gasteiger partial charge in [0.2, 0.25) is 11.8 Å². The monoisotopic (exact) mass is 440 g/mol. The third-order valence-electron chi connectivity index (χ3n) is 5.94. The molecule has 0 aromatic heterocycles. The highest BCUT2D eigenvalue weighted by atomic mass is 19.1. The molecule has 168 valence electrons. The molecule has 4 rings (SSSR count). The van der Waals surface area contributed by atoms with Crippen molar-refractivity contribution in [3.8, 4) is 0 Å². The number of carbonyl (C=O) groups excluding carboxylic acids is 2. The van der Waals surface area contributed by atoms with E-state index >= 15 is 0 Å². The van der Waals surface area contributed by atoms with Gasteiger partial charge in [0.15, 0.2) is 0 Å². The Morgan fingerprint density at radius 1 is 0.594 bits per heavy atom. The van der Waals surface area contributed by atoms with Gasteiger partial charge in [-0.05, 0) is 24.3 Å². The van der Waals surface area contributed by atoms with Crippen LogP contribution in [-0.4, -0.2) is 74.0 Å². The van der Waals surface area contributed by atoms with Gasteiger partial charge in [0.05, 0.1) is 11.4 Å². The first kappa shape index (κ1) is 21.8. The van der Waals surface area contributed by atoms with E-state index in [0.29, 0.717) is 63.7 Å². The molecular formula is C24H26F2N4O2. The van der Waals surface area contributed by atoms with Crippen molar-refractivity contribution in [1.82, 2.24) is 9.80 Å². The van der Waals surface area contributed by atoms with E-state index in [4.69, 9.17) is 0 Å². The molecule has 2 heterocycles. The van der Waals surface area contributed by atoms with Crippen molar-refractivity contribution < 1.29 is 18.4 Å². The fourth-order valence-electron chi connectivity index (χ4n) is 4.11. The van der Waals surface area contributed by atoms with Crippen molar-refractivity contribution >= 4 is 23.2 Å². The molecule has 2 aromatic carbocycles. The van der Waals surface area contributed by atoms with Crippen LogP contribution in [0.15, 0.2) is 60.7 Å². The molecule has 0 spiro atoms. The summed E-state index contributed by atoms with van der Waals surface area (Å²) in [7, 11) is 0. The Morgan fingerprint density at radius 2 is 0.938 bits per heavy atom. The van der Waals surface area contributed by atoms with Gasteiger partial charge in [-0.25, -0.2) is 8.78 Å². The number of piperazine rings is 2. The zero-order valence-corrected chi connectivity index (χ0v) is 17.8. The molecule has 0 radical (unpaired) electrons. The molecule has 2 amide bonds. The molecule has 2 saturated heterocycles. The van der Waals surface area contributed by atoms with Crippen LogP contribution in [0, 0.1) is 11.6 Å². The van der Waals surface area contributed by atoms with E-state index in [2.05, 4.69) is 0 Å². The quantitative estimate of drug-likeness (QED) is 0.686. The second kappa shape index (κ2) is 9.80. The SMILES string of the molecule is O=C(C=CC(=O)N1CCN(c2ccccc2F)CC1)N1CCN(c2ccccc2F)CC1. The van der Waals surface area contributed by atoms with Crippen molar-refractivity contribution in [1.29, 1.82) is 0 Å². The summed E-state index contributed by atoms with van der Waals surface area (Å²) in [6.45, 7) is 4.00. The number of rotatable bonds is 4. The predicted octanol–water partition coefficient (Wildman–Crippen LogP) is 2.52. The third kappa shape index (κ3) is 4.90. The van der Waals surface area contributed by atoms with Gasteiger partial charge in [-0.2, -0.15) is 0 Å². The molecule has 2 aliphatic rings.